The number of rotatable bonds is 10. The Morgan fingerprint density at radius 1 is 0.775 bits per heavy atom. The molecule has 71 heavy (non-hydrogen) atoms. The number of aliphatic imine (C=N–C) groups is 2. The van der Waals surface area contributed by atoms with Gasteiger partial charge < -0.3 is 5.32 Å². The number of dihydropyridines is 1. The van der Waals surface area contributed by atoms with Gasteiger partial charge in [0.25, 0.3) is 0 Å². The Kier molecular flexibility index (Phi) is 11.9. The van der Waals surface area contributed by atoms with Crippen molar-refractivity contribution in [2.24, 2.45) is 9.98 Å². The van der Waals surface area contributed by atoms with Crippen molar-refractivity contribution in [3.05, 3.63) is 220 Å². The summed E-state index contributed by atoms with van der Waals surface area (Å²) in [5, 5.41) is 9.10. The minimum absolute atomic E-state index is 0.0555. The highest BCUT2D eigenvalue weighted by atomic mass is 15.0. The summed E-state index contributed by atoms with van der Waals surface area (Å²) in [6, 6.07) is 39.1. The molecule has 0 spiro atoms. The van der Waals surface area contributed by atoms with Crippen LogP contribution >= 0.6 is 0 Å². The van der Waals surface area contributed by atoms with E-state index in [-0.39, 0.29) is 18.0 Å². The molecular weight excluding hydrogens is 865 g/mol. The fourth-order valence-corrected chi connectivity index (χ4v) is 11.0. The number of allylic oxidation sites excluding steroid dienone is 9. The predicted molar refractivity (Wildman–Crippen MR) is 296 cm³/mol. The van der Waals surface area contributed by atoms with Gasteiger partial charge in [0.1, 0.15) is 0 Å². The SMILES string of the molecule is C=Cc1c2c(cc(C3=CC(C4=CCC(c5cc(-c6nc(C7=CC=CCC7)nc(-c7ccccc7)n6)cc(C6CN=CC=N6)c5)C#C4)=CC(c4cc5ccccc5c5ccccc45)N3)c1CC)CCCC=C2. The Morgan fingerprint density at radius 2 is 1.58 bits per heavy atom. The lowest BCUT2D eigenvalue weighted by atomic mass is 9.83. The number of hydrogen-bond donors (Lipinski definition) is 1. The van der Waals surface area contributed by atoms with Crippen molar-refractivity contribution in [3.8, 4) is 34.6 Å². The second-order valence-electron chi connectivity index (χ2n) is 19.0. The van der Waals surface area contributed by atoms with Crippen LogP contribution in [-0.2, 0) is 12.8 Å². The number of nitrogens with one attached hydrogen (secondary N) is 1. The fourth-order valence-electron chi connectivity index (χ4n) is 11.0. The number of fused-ring (bicyclic) bond motifs is 4. The van der Waals surface area contributed by atoms with Gasteiger partial charge in [0.2, 0.25) is 0 Å². The van der Waals surface area contributed by atoms with Crippen LogP contribution in [0.3, 0.4) is 0 Å². The van der Waals surface area contributed by atoms with Crippen LogP contribution in [-0.4, -0.2) is 33.9 Å². The first kappa shape index (κ1) is 44.0. The highest BCUT2D eigenvalue weighted by Crippen LogP contribution is 2.41. The fraction of sp³-hybridized carbons (Fsp3) is 0.185. The smallest absolute Gasteiger partial charge is 0.164 e. The van der Waals surface area contributed by atoms with Crippen molar-refractivity contribution < 1.29 is 0 Å². The summed E-state index contributed by atoms with van der Waals surface area (Å²) in [5.74, 6) is 9.46. The van der Waals surface area contributed by atoms with E-state index in [1.165, 1.54) is 54.9 Å². The third-order valence-corrected chi connectivity index (χ3v) is 14.6. The van der Waals surface area contributed by atoms with Crippen molar-refractivity contribution >= 4 is 57.4 Å². The molecule has 0 fully saturated rings. The van der Waals surface area contributed by atoms with Gasteiger partial charge in [-0.25, -0.2) is 15.0 Å². The molecule has 6 aromatic carbocycles. The zero-order chi connectivity index (χ0) is 47.7. The van der Waals surface area contributed by atoms with Gasteiger partial charge in [0.15, 0.2) is 17.5 Å². The van der Waals surface area contributed by atoms with Gasteiger partial charge in [-0.05, 0) is 153 Å². The molecule has 12 rings (SSSR count). The minimum Gasteiger partial charge on any atom is -0.374 e. The third-order valence-electron chi connectivity index (χ3n) is 14.6. The van der Waals surface area contributed by atoms with Gasteiger partial charge in [-0.2, -0.15) is 0 Å². The Hall–Kier alpha value is -8.27. The molecule has 0 radical (unpaired) electrons. The predicted octanol–water partition coefficient (Wildman–Crippen LogP) is 14.7. The van der Waals surface area contributed by atoms with Crippen molar-refractivity contribution in [2.45, 2.75) is 69.9 Å². The number of nitrogens with zero attached hydrogens (tertiary/aromatic N) is 5. The van der Waals surface area contributed by atoms with Crippen LogP contribution in [0.15, 0.2) is 179 Å². The summed E-state index contributed by atoms with van der Waals surface area (Å²) in [6.07, 6.45) is 30.5. The monoisotopic (exact) mass is 918 g/mol. The molecule has 3 unspecified atom stereocenters. The van der Waals surface area contributed by atoms with Crippen LogP contribution in [0.25, 0.3) is 67.7 Å². The summed E-state index contributed by atoms with van der Waals surface area (Å²) < 4.78 is 0. The largest absolute Gasteiger partial charge is 0.374 e. The first-order valence-corrected chi connectivity index (χ1v) is 25.2. The van der Waals surface area contributed by atoms with Crippen LogP contribution in [0.2, 0.25) is 0 Å². The van der Waals surface area contributed by atoms with Crippen molar-refractivity contribution in [1.82, 2.24) is 20.3 Å². The highest BCUT2D eigenvalue weighted by molar-refractivity contribution is 6.16. The van der Waals surface area contributed by atoms with Gasteiger partial charge in [-0.15, -0.1) is 0 Å². The molecule has 3 aliphatic carbocycles. The maximum atomic E-state index is 5.18. The number of hydrogen-bond acceptors (Lipinski definition) is 6. The topological polar surface area (TPSA) is 75.4 Å². The van der Waals surface area contributed by atoms with Crippen LogP contribution in [0, 0.1) is 11.8 Å². The summed E-state index contributed by atoms with van der Waals surface area (Å²) in [6.45, 7) is 7.21. The Bertz CT molecular complexity index is 3620. The maximum Gasteiger partial charge on any atom is 0.164 e. The van der Waals surface area contributed by atoms with E-state index in [9.17, 15) is 0 Å². The van der Waals surface area contributed by atoms with Crippen molar-refractivity contribution in [2.75, 3.05) is 6.54 Å². The van der Waals surface area contributed by atoms with E-state index in [1.807, 2.05) is 18.2 Å². The number of benzene rings is 6. The standard InChI is InChI=1S/C65H54N6/c1-3-52-53(4-2)58(37-46-22-12-7-13-24-54(46)52)60-39-49(40-61(68-60)59-38-47-23-14-15-25-55(47)56-26-16-17-27-57(56)59)43-30-28-42(29-31-43)48-34-50(62-41-66-32-33-67-62)36-51(35-48)65-70-63(44-18-8-5-9-19-44)69-64(71-65)45-20-10-6-11-21-45/h3,5-6,8-10,13-20,23-27,30,32-40,42,61-62,68H,1,4,7,11-12,21-22,28,41H2,2H3. The van der Waals surface area contributed by atoms with E-state index in [4.69, 9.17) is 19.9 Å². The first-order chi connectivity index (χ1) is 35.1. The molecule has 0 saturated heterocycles. The first-order valence-electron chi connectivity index (χ1n) is 25.2. The molecular formula is C65H54N6. The van der Waals surface area contributed by atoms with Crippen molar-refractivity contribution in [1.29, 1.82) is 0 Å². The van der Waals surface area contributed by atoms with Gasteiger partial charge in [-0.3, -0.25) is 9.98 Å². The van der Waals surface area contributed by atoms with E-state index in [2.05, 4.69) is 181 Å². The molecule has 0 saturated carbocycles. The molecule has 1 N–H and O–H groups in total. The lowest BCUT2D eigenvalue weighted by Gasteiger charge is -2.29. The molecule has 2 aliphatic heterocycles. The normalized spacial score (nSPS) is 19.1. The molecule has 7 aromatic rings. The lowest BCUT2D eigenvalue weighted by Crippen LogP contribution is -2.24. The Balaban J connectivity index is 0.968. The summed E-state index contributed by atoms with van der Waals surface area (Å²) in [5.41, 5.74) is 16.2. The highest BCUT2D eigenvalue weighted by Gasteiger charge is 2.27. The van der Waals surface area contributed by atoms with Crippen LogP contribution < -0.4 is 5.32 Å². The zero-order valence-corrected chi connectivity index (χ0v) is 40.1. The maximum absolute atomic E-state index is 5.18. The lowest BCUT2D eigenvalue weighted by molar-refractivity contribution is 0.737. The molecule has 3 atom stereocenters. The average Bonchev–Trinajstić information content (AvgIpc) is 3.70. The Labute approximate surface area is 416 Å². The molecule has 5 aliphatic rings. The molecule has 6 heteroatoms. The van der Waals surface area contributed by atoms with Gasteiger partial charge in [0, 0.05) is 46.3 Å². The van der Waals surface area contributed by atoms with Gasteiger partial charge in [0.05, 0.1) is 18.6 Å². The average molecular weight is 919 g/mol. The summed E-state index contributed by atoms with van der Waals surface area (Å²) >= 11 is 0. The molecule has 1 aromatic heterocycles. The number of aryl methyl sites for hydroxylation is 1. The molecule has 3 heterocycles. The van der Waals surface area contributed by atoms with Gasteiger partial charge in [-0.1, -0.05) is 153 Å². The van der Waals surface area contributed by atoms with Crippen LogP contribution in [0.5, 0.6) is 0 Å². The van der Waals surface area contributed by atoms with E-state index in [0.717, 1.165) is 89.6 Å². The van der Waals surface area contributed by atoms with Crippen LogP contribution in [0.4, 0.5) is 0 Å². The molecule has 0 bridgehead atoms. The van der Waals surface area contributed by atoms with E-state index in [1.54, 1.807) is 12.4 Å². The molecule has 344 valence electrons. The summed E-state index contributed by atoms with van der Waals surface area (Å²) in [4.78, 5) is 24.9. The third kappa shape index (κ3) is 8.63. The van der Waals surface area contributed by atoms with Crippen molar-refractivity contribution in [3.63, 3.8) is 0 Å². The van der Waals surface area contributed by atoms with E-state index < -0.39 is 0 Å². The minimum atomic E-state index is -0.118. The molecule has 6 nitrogen and oxygen atoms in total. The Morgan fingerprint density at radius 3 is 2.37 bits per heavy atom. The van der Waals surface area contributed by atoms with E-state index in [0.29, 0.717) is 24.0 Å². The second kappa shape index (κ2) is 19.3. The van der Waals surface area contributed by atoms with E-state index >= 15 is 0 Å². The van der Waals surface area contributed by atoms with Crippen LogP contribution in [0.1, 0.15) is 107 Å². The number of aromatic nitrogens is 3. The molecule has 0 amide bonds. The summed E-state index contributed by atoms with van der Waals surface area (Å²) in [7, 11) is 0. The second-order valence-corrected chi connectivity index (χ2v) is 19.0. The van der Waals surface area contributed by atoms with Gasteiger partial charge >= 0.3 is 0 Å². The quantitative estimate of drug-likeness (QED) is 0.110. The zero-order valence-electron chi connectivity index (χ0n) is 40.1.